The van der Waals surface area contributed by atoms with Crippen LogP contribution in [0.1, 0.15) is 10.4 Å². The van der Waals surface area contributed by atoms with Crippen LogP contribution in [0.4, 0.5) is 5.13 Å². The summed E-state index contributed by atoms with van der Waals surface area (Å²) in [7, 11) is 0. The lowest BCUT2D eigenvalue weighted by atomic mass is 10.2. The molecule has 5 nitrogen and oxygen atoms in total. The molecule has 0 saturated heterocycles. The maximum absolute atomic E-state index is 9.14. The van der Waals surface area contributed by atoms with Crippen molar-refractivity contribution < 1.29 is 9.84 Å². The van der Waals surface area contributed by atoms with Crippen molar-refractivity contribution >= 4 is 16.5 Å². The molecule has 2 aromatic rings. The Morgan fingerprint density at radius 2 is 2.24 bits per heavy atom. The van der Waals surface area contributed by atoms with Gasteiger partial charge in [0.1, 0.15) is 12.4 Å². The summed E-state index contributed by atoms with van der Waals surface area (Å²) in [6, 6.07) is 7.39. The molecule has 0 aliphatic heterocycles. The monoisotopic (exact) mass is 251 g/mol. The standard InChI is InChI=1S/C11H13N3O2S/c12-14-11-13-5-9(17-11)7-16-10-4-2-1-3-8(10)6-15/h1-5,15H,6-7,12H2,(H,13,14). The third-order valence-corrected chi connectivity index (χ3v) is 3.09. The number of anilines is 1. The number of thiazole rings is 1. The molecule has 2 rings (SSSR count). The molecule has 1 aromatic heterocycles. The number of hydrazine groups is 1. The Labute approximate surface area is 103 Å². The van der Waals surface area contributed by atoms with Crippen LogP contribution in [-0.2, 0) is 13.2 Å². The molecule has 4 N–H and O–H groups in total. The highest BCUT2D eigenvalue weighted by Gasteiger charge is 2.04. The van der Waals surface area contributed by atoms with Crippen LogP contribution in [-0.4, -0.2) is 10.1 Å². The average molecular weight is 251 g/mol. The summed E-state index contributed by atoms with van der Waals surface area (Å²) < 4.78 is 5.61. The van der Waals surface area contributed by atoms with E-state index >= 15 is 0 Å². The number of nitrogens with zero attached hydrogens (tertiary/aromatic N) is 1. The molecule has 0 fully saturated rings. The molecule has 90 valence electrons. The maximum Gasteiger partial charge on any atom is 0.197 e. The fourth-order valence-electron chi connectivity index (χ4n) is 1.37. The van der Waals surface area contributed by atoms with Crippen molar-refractivity contribution in [3.05, 3.63) is 40.9 Å². The normalized spacial score (nSPS) is 10.2. The van der Waals surface area contributed by atoms with Gasteiger partial charge in [-0.3, -0.25) is 5.43 Å². The SMILES string of the molecule is NNc1ncc(COc2ccccc2CO)s1. The minimum atomic E-state index is -0.0333. The number of nitrogens with one attached hydrogen (secondary N) is 1. The first-order chi connectivity index (χ1) is 8.33. The van der Waals surface area contributed by atoms with Crippen molar-refractivity contribution in [1.29, 1.82) is 0 Å². The van der Waals surface area contributed by atoms with Crippen LogP contribution >= 0.6 is 11.3 Å². The van der Waals surface area contributed by atoms with Crippen LogP contribution in [0.2, 0.25) is 0 Å². The van der Waals surface area contributed by atoms with Crippen molar-refractivity contribution in [2.75, 3.05) is 5.43 Å². The van der Waals surface area contributed by atoms with Gasteiger partial charge in [0.05, 0.1) is 11.5 Å². The summed E-state index contributed by atoms with van der Waals surface area (Å²) in [5, 5.41) is 9.79. The fraction of sp³-hybridized carbons (Fsp3) is 0.182. The molecule has 1 aromatic carbocycles. The van der Waals surface area contributed by atoms with Crippen molar-refractivity contribution in [3.63, 3.8) is 0 Å². The van der Waals surface area contributed by atoms with Gasteiger partial charge in [0, 0.05) is 11.8 Å². The zero-order chi connectivity index (χ0) is 12.1. The molecule has 0 amide bonds. The molecule has 0 saturated carbocycles. The van der Waals surface area contributed by atoms with Gasteiger partial charge >= 0.3 is 0 Å². The Kier molecular flexibility index (Phi) is 3.92. The van der Waals surface area contributed by atoms with Gasteiger partial charge in [-0.1, -0.05) is 29.5 Å². The molecule has 0 spiro atoms. The number of aliphatic hydroxyl groups excluding tert-OH is 1. The lowest BCUT2D eigenvalue weighted by Gasteiger charge is -2.08. The Bertz CT molecular complexity index is 487. The lowest BCUT2D eigenvalue weighted by Crippen LogP contribution is -2.05. The average Bonchev–Trinajstić information content (AvgIpc) is 2.84. The Balaban J connectivity index is 2.01. The van der Waals surface area contributed by atoms with Crippen LogP contribution in [0.5, 0.6) is 5.75 Å². The number of ether oxygens (including phenoxy) is 1. The summed E-state index contributed by atoms with van der Waals surface area (Å²) in [4.78, 5) is 5.01. The van der Waals surface area contributed by atoms with Gasteiger partial charge in [0.2, 0.25) is 0 Å². The quantitative estimate of drug-likeness (QED) is 0.554. The fourth-order valence-corrected chi connectivity index (χ4v) is 2.00. The largest absolute Gasteiger partial charge is 0.488 e. The molecule has 17 heavy (non-hydrogen) atoms. The number of benzene rings is 1. The Morgan fingerprint density at radius 1 is 1.41 bits per heavy atom. The van der Waals surface area contributed by atoms with Gasteiger partial charge in [-0.15, -0.1) is 0 Å². The van der Waals surface area contributed by atoms with Crippen LogP contribution in [0.25, 0.3) is 0 Å². The second-order valence-electron chi connectivity index (χ2n) is 3.33. The molecule has 0 bridgehead atoms. The second-order valence-corrected chi connectivity index (χ2v) is 4.45. The summed E-state index contributed by atoms with van der Waals surface area (Å²) in [6.45, 7) is 0.380. The third-order valence-electron chi connectivity index (χ3n) is 2.19. The topological polar surface area (TPSA) is 80.4 Å². The number of aromatic nitrogens is 1. The number of hydrogen-bond donors (Lipinski definition) is 3. The van der Waals surface area contributed by atoms with Gasteiger partial charge in [0.15, 0.2) is 5.13 Å². The van der Waals surface area contributed by atoms with Crippen LogP contribution in [0.3, 0.4) is 0 Å². The van der Waals surface area contributed by atoms with E-state index in [1.807, 2.05) is 24.3 Å². The van der Waals surface area contributed by atoms with E-state index < -0.39 is 0 Å². The molecule has 0 radical (unpaired) electrons. The highest BCUT2D eigenvalue weighted by atomic mass is 32.1. The first kappa shape index (κ1) is 11.8. The summed E-state index contributed by atoms with van der Waals surface area (Å²) in [6.07, 6.45) is 1.71. The van der Waals surface area contributed by atoms with E-state index in [-0.39, 0.29) is 6.61 Å². The van der Waals surface area contributed by atoms with Gasteiger partial charge < -0.3 is 9.84 Å². The van der Waals surface area contributed by atoms with E-state index in [0.717, 1.165) is 10.4 Å². The van der Waals surface area contributed by atoms with Gasteiger partial charge in [-0.05, 0) is 6.07 Å². The molecule has 0 unspecified atom stereocenters. The van der Waals surface area contributed by atoms with E-state index in [1.54, 1.807) is 6.20 Å². The number of para-hydroxylation sites is 1. The van der Waals surface area contributed by atoms with Gasteiger partial charge in [-0.25, -0.2) is 10.8 Å². The lowest BCUT2D eigenvalue weighted by molar-refractivity contribution is 0.260. The molecular weight excluding hydrogens is 238 g/mol. The molecule has 6 heteroatoms. The van der Waals surface area contributed by atoms with Gasteiger partial charge in [-0.2, -0.15) is 0 Å². The van der Waals surface area contributed by atoms with E-state index in [9.17, 15) is 0 Å². The first-order valence-corrected chi connectivity index (χ1v) is 5.88. The van der Waals surface area contributed by atoms with Gasteiger partial charge in [0.25, 0.3) is 0 Å². The molecule has 0 atom stereocenters. The molecule has 1 heterocycles. The third kappa shape index (κ3) is 2.94. The molecule has 0 aliphatic carbocycles. The van der Waals surface area contributed by atoms with Crippen molar-refractivity contribution in [1.82, 2.24) is 4.98 Å². The van der Waals surface area contributed by atoms with Crippen molar-refractivity contribution in [2.24, 2.45) is 5.84 Å². The number of nitrogen functional groups attached to an aromatic ring is 1. The zero-order valence-electron chi connectivity index (χ0n) is 9.09. The van der Waals surface area contributed by atoms with Crippen molar-refractivity contribution in [3.8, 4) is 5.75 Å². The maximum atomic E-state index is 9.14. The summed E-state index contributed by atoms with van der Waals surface area (Å²) in [5.41, 5.74) is 3.25. The summed E-state index contributed by atoms with van der Waals surface area (Å²) in [5.74, 6) is 5.93. The highest BCUT2D eigenvalue weighted by Crippen LogP contribution is 2.22. The minimum absolute atomic E-state index is 0.0333. The van der Waals surface area contributed by atoms with E-state index in [0.29, 0.717) is 17.5 Å². The zero-order valence-corrected chi connectivity index (χ0v) is 9.91. The van der Waals surface area contributed by atoms with E-state index in [4.69, 9.17) is 15.7 Å². The predicted molar refractivity (Wildman–Crippen MR) is 66.6 cm³/mol. The smallest absolute Gasteiger partial charge is 0.197 e. The predicted octanol–water partition coefficient (Wildman–Crippen LogP) is 1.50. The van der Waals surface area contributed by atoms with Crippen molar-refractivity contribution in [2.45, 2.75) is 13.2 Å². The number of rotatable bonds is 5. The molecular formula is C11H13N3O2S. The van der Waals surface area contributed by atoms with Crippen LogP contribution < -0.4 is 16.0 Å². The van der Waals surface area contributed by atoms with E-state index in [2.05, 4.69) is 10.4 Å². The van der Waals surface area contributed by atoms with E-state index in [1.165, 1.54) is 11.3 Å². The minimum Gasteiger partial charge on any atom is -0.488 e. The second kappa shape index (κ2) is 5.62. The molecule has 0 aliphatic rings. The highest BCUT2D eigenvalue weighted by molar-refractivity contribution is 7.15. The number of aliphatic hydroxyl groups is 1. The van der Waals surface area contributed by atoms with Crippen LogP contribution in [0.15, 0.2) is 30.5 Å². The number of hydrogen-bond acceptors (Lipinski definition) is 6. The Morgan fingerprint density at radius 3 is 2.94 bits per heavy atom. The first-order valence-electron chi connectivity index (χ1n) is 5.06. The summed E-state index contributed by atoms with van der Waals surface area (Å²) >= 11 is 1.43. The number of nitrogens with two attached hydrogens (primary N) is 1. The van der Waals surface area contributed by atoms with Crippen LogP contribution in [0, 0.1) is 0 Å². The Hall–Kier alpha value is -1.63.